The van der Waals surface area contributed by atoms with Crippen molar-refractivity contribution in [1.29, 1.82) is 0 Å². The number of fused-ring (bicyclic) bond motifs is 1. The van der Waals surface area contributed by atoms with Crippen molar-refractivity contribution in [3.8, 4) is 0 Å². The Kier molecular flexibility index (Phi) is 4.17. The number of carbonyl (C=O) groups is 3. The summed E-state index contributed by atoms with van der Waals surface area (Å²) in [7, 11) is 0. The predicted octanol–water partition coefficient (Wildman–Crippen LogP) is 1.04. The number of esters is 2. The molecule has 1 fully saturated rings. The van der Waals surface area contributed by atoms with Gasteiger partial charge in [0.15, 0.2) is 0 Å². The zero-order valence-corrected chi connectivity index (χ0v) is 12.0. The van der Waals surface area contributed by atoms with Gasteiger partial charge in [-0.25, -0.2) is 4.79 Å². The topological polar surface area (TPSA) is 72.9 Å². The molecular formula is C13H15NO5S. The van der Waals surface area contributed by atoms with Crippen LogP contribution in [0.2, 0.25) is 0 Å². The molecule has 2 heterocycles. The number of nitrogens with zero attached hydrogens (tertiary/aromatic N) is 1. The number of ether oxygens (including phenoxy) is 2. The number of hydrogen-bond acceptors (Lipinski definition) is 6. The van der Waals surface area contributed by atoms with E-state index < -0.39 is 24.0 Å². The average molecular weight is 297 g/mol. The van der Waals surface area contributed by atoms with Crippen LogP contribution in [0.25, 0.3) is 0 Å². The minimum atomic E-state index is -0.549. The predicted molar refractivity (Wildman–Crippen MR) is 72.2 cm³/mol. The Labute approximate surface area is 120 Å². The van der Waals surface area contributed by atoms with Crippen molar-refractivity contribution in [3.63, 3.8) is 0 Å². The fraction of sp³-hybridized carbons (Fsp3) is 0.462. The molecule has 1 amide bonds. The van der Waals surface area contributed by atoms with E-state index in [1.807, 2.05) is 0 Å². The minimum Gasteiger partial charge on any atom is -0.462 e. The molecule has 0 spiro atoms. The molecule has 3 atom stereocenters. The molecule has 0 aromatic carbocycles. The van der Waals surface area contributed by atoms with Crippen molar-refractivity contribution >= 4 is 29.6 Å². The van der Waals surface area contributed by atoms with Crippen LogP contribution >= 0.6 is 11.8 Å². The van der Waals surface area contributed by atoms with Gasteiger partial charge in [-0.2, -0.15) is 0 Å². The fourth-order valence-corrected chi connectivity index (χ4v) is 3.53. The molecule has 1 saturated heterocycles. The number of β-lactam (4-membered cyclic amide) rings is 1. The van der Waals surface area contributed by atoms with Gasteiger partial charge in [-0.1, -0.05) is 12.7 Å². The first-order valence-corrected chi connectivity index (χ1v) is 7.05. The lowest BCUT2D eigenvalue weighted by molar-refractivity contribution is -0.165. The van der Waals surface area contributed by atoms with E-state index >= 15 is 0 Å². The Bertz CT molecular complexity index is 501. The highest BCUT2D eigenvalue weighted by Gasteiger charge is 2.56. The average Bonchev–Trinajstić information content (AvgIpc) is 2.74. The molecule has 0 bridgehead atoms. The van der Waals surface area contributed by atoms with E-state index in [2.05, 4.69) is 6.58 Å². The number of hydrogen-bond donors (Lipinski definition) is 0. The molecule has 0 saturated carbocycles. The molecule has 2 aliphatic heterocycles. The SMILES string of the molecule is C=CCOC(=O)C1=CS[C@@H]2[C@@H]([C@@H](C)OC(C)=O)C(=O)N12. The first kappa shape index (κ1) is 14.6. The van der Waals surface area contributed by atoms with Crippen molar-refractivity contribution in [3.05, 3.63) is 23.8 Å². The van der Waals surface area contributed by atoms with Crippen LogP contribution < -0.4 is 0 Å². The Balaban J connectivity index is 2.00. The van der Waals surface area contributed by atoms with Crippen molar-refractivity contribution in [2.75, 3.05) is 6.61 Å². The molecule has 0 aromatic heterocycles. The highest BCUT2D eigenvalue weighted by atomic mass is 32.2. The van der Waals surface area contributed by atoms with Gasteiger partial charge in [-0.15, -0.1) is 11.8 Å². The van der Waals surface area contributed by atoms with Crippen molar-refractivity contribution in [2.45, 2.75) is 25.3 Å². The highest BCUT2D eigenvalue weighted by Crippen LogP contribution is 2.46. The molecular weight excluding hydrogens is 282 g/mol. The van der Waals surface area contributed by atoms with E-state index in [-0.39, 0.29) is 23.6 Å². The summed E-state index contributed by atoms with van der Waals surface area (Å²) in [5.41, 5.74) is 0.234. The second kappa shape index (κ2) is 5.70. The zero-order chi connectivity index (χ0) is 14.9. The lowest BCUT2D eigenvalue weighted by Crippen LogP contribution is -2.61. The van der Waals surface area contributed by atoms with Gasteiger partial charge in [-0.3, -0.25) is 14.5 Å². The first-order chi connectivity index (χ1) is 9.47. The second-order valence-electron chi connectivity index (χ2n) is 4.47. The van der Waals surface area contributed by atoms with Gasteiger partial charge in [0.1, 0.15) is 29.7 Å². The first-order valence-electron chi connectivity index (χ1n) is 6.11. The Hall–Kier alpha value is -1.76. The molecule has 2 rings (SSSR count). The lowest BCUT2D eigenvalue weighted by atomic mass is 9.92. The highest BCUT2D eigenvalue weighted by molar-refractivity contribution is 8.03. The Morgan fingerprint density at radius 2 is 2.30 bits per heavy atom. The third-order valence-corrected chi connectivity index (χ3v) is 4.20. The third-order valence-electron chi connectivity index (χ3n) is 3.06. The summed E-state index contributed by atoms with van der Waals surface area (Å²) in [6.45, 7) is 6.53. The molecule has 20 heavy (non-hydrogen) atoms. The van der Waals surface area contributed by atoms with E-state index in [0.29, 0.717) is 0 Å². The molecule has 0 unspecified atom stereocenters. The van der Waals surface area contributed by atoms with Gasteiger partial charge in [-0.05, 0) is 6.92 Å². The second-order valence-corrected chi connectivity index (χ2v) is 5.46. The van der Waals surface area contributed by atoms with Crippen LogP contribution in [-0.2, 0) is 23.9 Å². The number of thioether (sulfide) groups is 1. The summed E-state index contributed by atoms with van der Waals surface area (Å²) in [4.78, 5) is 36.2. The molecule has 0 radical (unpaired) electrons. The van der Waals surface area contributed by atoms with E-state index in [9.17, 15) is 14.4 Å². The normalized spacial score (nSPS) is 25.2. The fourth-order valence-electron chi connectivity index (χ4n) is 2.20. The Morgan fingerprint density at radius 3 is 2.90 bits per heavy atom. The quantitative estimate of drug-likeness (QED) is 0.429. The number of rotatable bonds is 5. The van der Waals surface area contributed by atoms with Gasteiger partial charge in [0.2, 0.25) is 5.91 Å². The summed E-state index contributed by atoms with van der Waals surface area (Å²) < 4.78 is 9.96. The molecule has 6 nitrogen and oxygen atoms in total. The molecule has 0 aliphatic carbocycles. The van der Waals surface area contributed by atoms with E-state index in [0.717, 1.165) is 0 Å². The summed E-state index contributed by atoms with van der Waals surface area (Å²) in [6.07, 6.45) is 0.951. The van der Waals surface area contributed by atoms with Gasteiger partial charge >= 0.3 is 11.9 Å². The van der Waals surface area contributed by atoms with Crippen molar-refractivity contribution in [1.82, 2.24) is 4.90 Å². The van der Waals surface area contributed by atoms with Crippen LogP contribution in [0.1, 0.15) is 13.8 Å². The van der Waals surface area contributed by atoms with Crippen LogP contribution in [0, 0.1) is 5.92 Å². The monoisotopic (exact) mass is 297 g/mol. The van der Waals surface area contributed by atoms with Crippen molar-refractivity contribution in [2.24, 2.45) is 5.92 Å². The van der Waals surface area contributed by atoms with Crippen LogP contribution in [0.4, 0.5) is 0 Å². The van der Waals surface area contributed by atoms with E-state index in [1.54, 1.807) is 12.3 Å². The maximum Gasteiger partial charge on any atom is 0.355 e. The number of amides is 1. The maximum absolute atomic E-state index is 12.1. The van der Waals surface area contributed by atoms with Gasteiger partial charge in [0.25, 0.3) is 0 Å². The van der Waals surface area contributed by atoms with E-state index in [4.69, 9.17) is 9.47 Å². The summed E-state index contributed by atoms with van der Waals surface area (Å²) in [6, 6.07) is 0. The third kappa shape index (κ3) is 2.45. The number of carbonyl (C=O) groups excluding carboxylic acids is 3. The van der Waals surface area contributed by atoms with Gasteiger partial charge in [0.05, 0.1) is 0 Å². The standard InChI is InChI=1S/C13H15NO5S/c1-4-5-18-13(17)9-6-20-12-10(11(16)14(9)12)7(2)19-8(3)15/h4,6-7,10,12H,1,5H2,2-3H3/t7-,10+,12-/m1/s1. The zero-order valence-electron chi connectivity index (χ0n) is 11.2. The molecule has 2 aliphatic rings. The van der Waals surface area contributed by atoms with Gasteiger partial charge in [0, 0.05) is 12.3 Å². The van der Waals surface area contributed by atoms with Crippen LogP contribution in [0.15, 0.2) is 23.8 Å². The smallest absolute Gasteiger partial charge is 0.355 e. The molecule has 0 N–H and O–H groups in total. The van der Waals surface area contributed by atoms with Crippen LogP contribution in [-0.4, -0.2) is 40.8 Å². The summed E-state index contributed by atoms with van der Waals surface area (Å²) >= 11 is 1.35. The Morgan fingerprint density at radius 1 is 1.60 bits per heavy atom. The molecule has 7 heteroatoms. The maximum atomic E-state index is 12.1. The summed E-state index contributed by atoms with van der Waals surface area (Å²) in [5, 5.41) is 1.40. The van der Waals surface area contributed by atoms with Gasteiger partial charge < -0.3 is 9.47 Å². The van der Waals surface area contributed by atoms with E-state index in [1.165, 1.54) is 29.7 Å². The lowest BCUT2D eigenvalue weighted by Gasteiger charge is -2.44. The van der Waals surface area contributed by atoms with Crippen LogP contribution in [0.5, 0.6) is 0 Å². The largest absolute Gasteiger partial charge is 0.462 e. The van der Waals surface area contributed by atoms with Crippen LogP contribution in [0.3, 0.4) is 0 Å². The summed E-state index contributed by atoms with van der Waals surface area (Å²) in [5.74, 6) is -1.63. The minimum absolute atomic E-state index is 0.0980. The molecule has 108 valence electrons. The van der Waals surface area contributed by atoms with Crippen molar-refractivity contribution < 1.29 is 23.9 Å². The molecule has 0 aromatic rings.